The van der Waals surface area contributed by atoms with Crippen molar-refractivity contribution in [3.8, 4) is 0 Å². The van der Waals surface area contributed by atoms with E-state index in [4.69, 9.17) is 79.4 Å². The zero-order chi connectivity index (χ0) is 26.5. The van der Waals surface area contributed by atoms with Crippen molar-refractivity contribution in [2.75, 3.05) is 0 Å². The van der Waals surface area contributed by atoms with E-state index in [9.17, 15) is 10.5 Å². The molecule has 0 radical (unpaired) electrons. The monoisotopic (exact) mass is 630 g/mol. The van der Waals surface area contributed by atoms with Crippen LogP contribution in [0, 0.1) is 11.8 Å². The molecule has 10 heteroatoms. The molecule has 0 saturated heterocycles. The molecule has 214 valence electrons. The van der Waals surface area contributed by atoms with Crippen molar-refractivity contribution < 1.29 is 20.3 Å². The van der Waals surface area contributed by atoms with E-state index in [0.717, 1.165) is 64.2 Å². The van der Waals surface area contributed by atoms with E-state index in [0.29, 0.717) is 12.8 Å². The van der Waals surface area contributed by atoms with Gasteiger partial charge in [0, 0.05) is 32.3 Å². The van der Waals surface area contributed by atoms with Gasteiger partial charge < -0.3 is 0 Å². The van der Waals surface area contributed by atoms with Gasteiger partial charge in [-0.15, -0.1) is 69.6 Å². The maximum Gasteiger partial charge on any atom is 0.0931 e. The van der Waals surface area contributed by atoms with E-state index < -0.39 is 0 Å². The summed E-state index contributed by atoms with van der Waals surface area (Å²) in [5.74, 6) is 0.231. The van der Waals surface area contributed by atoms with Crippen LogP contribution in [-0.4, -0.2) is 55.0 Å². The summed E-state index contributed by atoms with van der Waals surface area (Å²) in [5.41, 5.74) is 0. The summed E-state index contributed by atoms with van der Waals surface area (Å²) in [6.45, 7) is 0. The summed E-state index contributed by atoms with van der Waals surface area (Å²) >= 11 is 38.3. The highest BCUT2D eigenvalue weighted by Gasteiger charge is 2.38. The van der Waals surface area contributed by atoms with E-state index in [1.54, 1.807) is 0 Å². The van der Waals surface area contributed by atoms with Gasteiger partial charge in [-0.25, -0.2) is 9.78 Å². The zero-order valence-electron chi connectivity index (χ0n) is 21.1. The van der Waals surface area contributed by atoms with Crippen molar-refractivity contribution >= 4 is 69.6 Å². The van der Waals surface area contributed by atoms with Crippen LogP contribution in [0.3, 0.4) is 0 Å². The number of hydrogen-bond donors (Lipinski definition) is 2. The van der Waals surface area contributed by atoms with Crippen LogP contribution < -0.4 is 0 Å². The Kier molecular flexibility index (Phi) is 17.7. The van der Waals surface area contributed by atoms with E-state index >= 15 is 0 Å². The highest BCUT2D eigenvalue weighted by molar-refractivity contribution is 6.27. The van der Waals surface area contributed by atoms with Crippen LogP contribution in [0.15, 0.2) is 0 Å². The molecular formula is C26H44Cl6O4. The Labute approximate surface area is 247 Å². The molecule has 2 fully saturated rings. The molecular weight excluding hydrogens is 589 g/mol. The maximum atomic E-state index is 9.33. The van der Waals surface area contributed by atoms with Crippen LogP contribution in [0.4, 0.5) is 0 Å². The van der Waals surface area contributed by atoms with E-state index in [2.05, 4.69) is 0 Å². The molecule has 0 aromatic rings. The number of halogens is 6. The molecule has 0 spiro atoms. The first-order chi connectivity index (χ1) is 17.2. The second-order valence-corrected chi connectivity index (χ2v) is 14.3. The standard InChI is InChI=1S/C26H44Cl6O4/c27-17-11-23(29)21(24(30)12-17)15-19(35-33)9-7-5-3-1-2-4-6-8-10-20(36-34)16-22-25(31)13-18(28)14-26(22)32/h17-26,33-34H,1-16H2. The fraction of sp³-hybridized carbons (Fsp3) is 1.00. The molecule has 2 saturated carbocycles. The summed E-state index contributed by atoms with van der Waals surface area (Å²) in [7, 11) is 0. The summed E-state index contributed by atoms with van der Waals surface area (Å²) in [5, 5.41) is 18.5. The van der Waals surface area contributed by atoms with Gasteiger partial charge in [-0.1, -0.05) is 51.4 Å². The Morgan fingerprint density at radius 3 is 1.06 bits per heavy atom. The lowest BCUT2D eigenvalue weighted by molar-refractivity contribution is -0.283. The van der Waals surface area contributed by atoms with Gasteiger partial charge >= 0.3 is 0 Å². The second-order valence-electron chi connectivity index (χ2n) is 10.9. The first-order valence-electron chi connectivity index (χ1n) is 13.7. The van der Waals surface area contributed by atoms with Gasteiger partial charge in [0.25, 0.3) is 0 Å². The molecule has 2 rings (SSSR count). The van der Waals surface area contributed by atoms with Crippen molar-refractivity contribution in [2.24, 2.45) is 11.8 Å². The topological polar surface area (TPSA) is 58.9 Å². The molecule has 0 amide bonds. The van der Waals surface area contributed by atoms with Crippen LogP contribution in [0.5, 0.6) is 0 Å². The third-order valence-corrected chi connectivity index (χ3v) is 10.7. The van der Waals surface area contributed by atoms with E-state index in [-0.39, 0.29) is 56.3 Å². The lowest BCUT2D eigenvalue weighted by Crippen LogP contribution is -2.37. The van der Waals surface area contributed by atoms with Crippen molar-refractivity contribution in [1.82, 2.24) is 0 Å². The molecule has 4 nitrogen and oxygen atoms in total. The SMILES string of the molecule is OOC(CCCCCCCCCCC(CC1C(Cl)CC(Cl)CC1Cl)OO)CC1C(Cl)CC(Cl)CC1Cl. The minimum absolute atomic E-state index is 0.0303. The number of hydrogen-bond acceptors (Lipinski definition) is 4. The van der Waals surface area contributed by atoms with Gasteiger partial charge in [0.15, 0.2) is 0 Å². The quantitative estimate of drug-likeness (QED) is 0.0725. The molecule has 2 aliphatic carbocycles. The van der Waals surface area contributed by atoms with Crippen molar-refractivity contribution in [3.63, 3.8) is 0 Å². The number of alkyl halides is 6. The average molecular weight is 633 g/mol. The molecule has 6 unspecified atom stereocenters. The fourth-order valence-electron chi connectivity index (χ4n) is 5.75. The van der Waals surface area contributed by atoms with Crippen molar-refractivity contribution in [2.45, 2.75) is 147 Å². The highest BCUT2D eigenvalue weighted by Crippen LogP contribution is 2.39. The third-order valence-electron chi connectivity index (χ3n) is 7.95. The fourth-order valence-corrected chi connectivity index (χ4v) is 9.01. The smallest absolute Gasteiger partial charge is 0.0931 e. The van der Waals surface area contributed by atoms with Crippen LogP contribution in [0.1, 0.15) is 103 Å². The minimum atomic E-state index is -0.223. The number of unbranched alkanes of at least 4 members (excludes halogenated alkanes) is 7. The minimum Gasteiger partial charge on any atom is -0.252 e. The lowest BCUT2D eigenvalue weighted by Gasteiger charge is -2.35. The van der Waals surface area contributed by atoms with Crippen LogP contribution in [0.25, 0.3) is 0 Å². The highest BCUT2D eigenvalue weighted by atomic mass is 35.5. The summed E-state index contributed by atoms with van der Waals surface area (Å²) in [4.78, 5) is 9.48. The summed E-state index contributed by atoms with van der Waals surface area (Å²) in [6, 6.07) is 0. The van der Waals surface area contributed by atoms with Gasteiger partial charge in [-0.05, 0) is 63.2 Å². The van der Waals surface area contributed by atoms with Gasteiger partial charge in [0.2, 0.25) is 0 Å². The Bertz CT molecular complexity index is 505. The van der Waals surface area contributed by atoms with Gasteiger partial charge in [0.1, 0.15) is 0 Å². The van der Waals surface area contributed by atoms with E-state index in [1.807, 2.05) is 0 Å². The average Bonchev–Trinajstić information content (AvgIpc) is 2.81. The first-order valence-corrected chi connectivity index (χ1v) is 16.3. The molecule has 0 aromatic carbocycles. The zero-order valence-corrected chi connectivity index (χ0v) is 25.6. The van der Waals surface area contributed by atoms with Crippen LogP contribution in [0.2, 0.25) is 0 Å². The van der Waals surface area contributed by atoms with Gasteiger partial charge in [0.05, 0.1) is 12.2 Å². The van der Waals surface area contributed by atoms with Crippen LogP contribution >= 0.6 is 69.6 Å². The molecule has 0 aromatic heterocycles. The molecule has 0 heterocycles. The second kappa shape index (κ2) is 18.8. The predicted molar refractivity (Wildman–Crippen MR) is 154 cm³/mol. The van der Waals surface area contributed by atoms with Crippen molar-refractivity contribution in [3.05, 3.63) is 0 Å². The largest absolute Gasteiger partial charge is 0.252 e. The molecule has 6 atom stereocenters. The molecule has 0 bridgehead atoms. The van der Waals surface area contributed by atoms with Crippen LogP contribution in [-0.2, 0) is 9.78 Å². The Morgan fingerprint density at radius 2 is 0.778 bits per heavy atom. The molecule has 0 aliphatic heterocycles. The third kappa shape index (κ3) is 12.4. The number of rotatable bonds is 17. The van der Waals surface area contributed by atoms with Gasteiger partial charge in [-0.3, -0.25) is 10.5 Å². The molecule has 2 N–H and O–H groups in total. The Morgan fingerprint density at radius 1 is 0.500 bits per heavy atom. The Hall–Kier alpha value is 1.58. The summed E-state index contributed by atoms with van der Waals surface area (Å²) in [6.07, 6.45) is 14.5. The maximum absolute atomic E-state index is 9.33. The van der Waals surface area contributed by atoms with Gasteiger partial charge in [-0.2, -0.15) is 0 Å². The van der Waals surface area contributed by atoms with Crippen molar-refractivity contribution in [1.29, 1.82) is 0 Å². The Balaban J connectivity index is 1.49. The predicted octanol–water partition coefficient (Wildman–Crippen LogP) is 9.85. The normalized spacial score (nSPS) is 35.0. The molecule has 2 aliphatic rings. The van der Waals surface area contributed by atoms with E-state index in [1.165, 1.54) is 25.7 Å². The summed E-state index contributed by atoms with van der Waals surface area (Å²) < 4.78 is 0. The lowest BCUT2D eigenvalue weighted by atomic mass is 9.83. The first kappa shape index (κ1) is 33.8. The molecule has 36 heavy (non-hydrogen) atoms.